The molecule has 0 radical (unpaired) electrons. The lowest BCUT2D eigenvalue weighted by Crippen LogP contribution is -2.28. The van der Waals surface area contributed by atoms with Crippen LogP contribution in [0.25, 0.3) is 111 Å². The van der Waals surface area contributed by atoms with Crippen LogP contribution in [-0.2, 0) is 5.41 Å². The molecule has 4 heterocycles. The second kappa shape index (κ2) is 15.1. The maximum atomic E-state index is 6.41. The van der Waals surface area contributed by atoms with Crippen LogP contribution in [0.2, 0.25) is 0 Å². The molecule has 0 aliphatic heterocycles. The Labute approximate surface area is 393 Å². The van der Waals surface area contributed by atoms with Crippen molar-refractivity contribution >= 4 is 53.7 Å². The molecule has 9 aromatic carbocycles. The van der Waals surface area contributed by atoms with E-state index in [0.717, 1.165) is 54.3 Å². The molecule has 8 heteroatoms. The number of fused-ring (bicyclic) bond motifs is 8. The number of hydrogen-bond donors (Lipinski definition) is 0. The van der Waals surface area contributed by atoms with E-state index < -0.39 is 5.41 Å². The molecule has 0 fully saturated rings. The van der Waals surface area contributed by atoms with Gasteiger partial charge < -0.3 is 8.83 Å². The first-order valence-corrected chi connectivity index (χ1v) is 23.4. The Kier molecular flexibility index (Phi) is 8.53. The van der Waals surface area contributed by atoms with Gasteiger partial charge in [-0.3, -0.25) is 0 Å². The second-order valence-electron chi connectivity index (χ2n) is 17.1. The van der Waals surface area contributed by atoms with E-state index in [1.807, 2.05) is 66.7 Å². The van der Waals surface area contributed by atoms with Crippen LogP contribution in [-0.4, -0.2) is 24.9 Å². The van der Waals surface area contributed by atoms with Crippen molar-refractivity contribution < 1.29 is 8.83 Å². The van der Waals surface area contributed by atoms with Crippen LogP contribution in [0, 0.1) is 0 Å². The predicted octanol–water partition coefficient (Wildman–Crippen LogP) is 15.2. The van der Waals surface area contributed by atoms with E-state index in [1.54, 1.807) is 11.3 Å². The average Bonchev–Trinajstić information content (AvgIpc) is 4.20. The Morgan fingerprint density at radius 1 is 0.353 bits per heavy atom. The summed E-state index contributed by atoms with van der Waals surface area (Å²) in [4.78, 5) is 26.1. The third kappa shape index (κ3) is 5.94. The zero-order valence-electron chi connectivity index (χ0n) is 36.2. The number of benzene rings is 9. The highest BCUT2D eigenvalue weighted by Gasteiger charge is 2.46. The van der Waals surface area contributed by atoms with Gasteiger partial charge in [0.15, 0.2) is 28.6 Å². The number of oxazole rings is 2. The fourth-order valence-corrected chi connectivity index (χ4v) is 11.4. The summed E-state index contributed by atoms with van der Waals surface area (Å²) in [5.74, 6) is 2.52. The highest BCUT2D eigenvalue weighted by Crippen LogP contribution is 2.56. The topological polar surface area (TPSA) is 90.7 Å². The van der Waals surface area contributed by atoms with Crippen LogP contribution >= 0.6 is 11.3 Å². The largest absolute Gasteiger partial charge is 0.436 e. The van der Waals surface area contributed by atoms with Gasteiger partial charge in [-0.15, -0.1) is 11.3 Å². The highest BCUT2D eigenvalue weighted by atomic mass is 32.1. The van der Waals surface area contributed by atoms with Crippen LogP contribution in [0.5, 0.6) is 0 Å². The molecule has 0 bridgehead atoms. The van der Waals surface area contributed by atoms with Crippen LogP contribution in [0.15, 0.2) is 221 Å². The number of para-hydroxylation sites is 4. The Balaban J connectivity index is 1.04. The summed E-state index contributed by atoms with van der Waals surface area (Å²) in [6.07, 6.45) is 0. The first kappa shape index (κ1) is 38.4. The van der Waals surface area contributed by atoms with Crippen molar-refractivity contribution in [2.24, 2.45) is 0 Å². The summed E-state index contributed by atoms with van der Waals surface area (Å²) in [5.41, 5.74) is 13.4. The Hall–Kier alpha value is -8.85. The molecule has 68 heavy (non-hydrogen) atoms. The molecule has 0 unspecified atom stereocenters. The molecule has 0 atom stereocenters. The molecule has 13 aromatic rings. The fourth-order valence-electron chi connectivity index (χ4n) is 10.3. The lowest BCUT2D eigenvalue weighted by Gasteiger charge is -2.34. The molecule has 0 saturated heterocycles. The van der Waals surface area contributed by atoms with Gasteiger partial charge in [-0.05, 0) is 94.0 Å². The zero-order valence-corrected chi connectivity index (χ0v) is 37.0. The number of rotatable bonds is 7. The van der Waals surface area contributed by atoms with Crippen LogP contribution < -0.4 is 0 Å². The summed E-state index contributed by atoms with van der Waals surface area (Å²) in [5, 5.41) is 2.27. The smallest absolute Gasteiger partial charge is 0.227 e. The van der Waals surface area contributed by atoms with Gasteiger partial charge in [-0.25, -0.2) is 24.9 Å². The summed E-state index contributed by atoms with van der Waals surface area (Å²) in [6, 6.07) is 73.8. The number of thiophene rings is 1. The van der Waals surface area contributed by atoms with Gasteiger partial charge in [0.1, 0.15) is 11.0 Å². The first-order chi connectivity index (χ1) is 33.7. The maximum absolute atomic E-state index is 6.41. The van der Waals surface area contributed by atoms with Crippen molar-refractivity contribution in [1.82, 2.24) is 24.9 Å². The monoisotopic (exact) mass is 889 g/mol. The van der Waals surface area contributed by atoms with Gasteiger partial charge in [0.25, 0.3) is 0 Å². The van der Waals surface area contributed by atoms with Gasteiger partial charge in [0.05, 0.1) is 5.41 Å². The molecule has 0 amide bonds. The summed E-state index contributed by atoms with van der Waals surface area (Å²) in [6.45, 7) is 0. The Bertz CT molecular complexity index is 3920. The maximum Gasteiger partial charge on any atom is 0.227 e. The van der Waals surface area contributed by atoms with Gasteiger partial charge in [-0.1, -0.05) is 152 Å². The summed E-state index contributed by atoms with van der Waals surface area (Å²) >= 11 is 1.77. The second-order valence-corrected chi connectivity index (χ2v) is 18.2. The fraction of sp³-hybridized carbons (Fsp3) is 0.0167. The minimum absolute atomic E-state index is 0.464. The van der Waals surface area contributed by atoms with Crippen molar-refractivity contribution in [2.45, 2.75) is 5.41 Å². The lowest BCUT2D eigenvalue weighted by atomic mass is 9.67. The SMILES string of the molecule is c1ccc(C2(c3ccccc3)c3ccccc3-c3ccc(-c4nc(-c5cc(-c6nc7ccccc7o6)cc(-c6nc7ccccc7o6)c5)nc(-c5cccc6sc7ccccc7c56)n4)cc32)cc1. The van der Waals surface area contributed by atoms with Crippen LogP contribution in [0.3, 0.4) is 0 Å². The molecule has 318 valence electrons. The molecular weight excluding hydrogens is 855 g/mol. The van der Waals surface area contributed by atoms with E-state index in [-0.39, 0.29) is 0 Å². The van der Waals surface area contributed by atoms with Crippen LogP contribution in [0.1, 0.15) is 22.3 Å². The van der Waals surface area contributed by atoms with Crippen molar-refractivity contribution in [3.8, 4) is 68.2 Å². The molecule has 7 nitrogen and oxygen atoms in total. The molecule has 1 aliphatic rings. The minimum atomic E-state index is -0.604. The van der Waals surface area contributed by atoms with E-state index in [4.69, 9.17) is 33.8 Å². The average molecular weight is 890 g/mol. The minimum Gasteiger partial charge on any atom is -0.436 e. The van der Waals surface area contributed by atoms with Crippen molar-refractivity contribution in [3.63, 3.8) is 0 Å². The summed E-state index contributed by atoms with van der Waals surface area (Å²) in [7, 11) is 0. The number of aromatic nitrogens is 5. The third-order valence-corrected chi connectivity index (χ3v) is 14.4. The molecule has 1 aliphatic carbocycles. The molecule has 0 saturated carbocycles. The Morgan fingerprint density at radius 2 is 0.882 bits per heavy atom. The predicted molar refractivity (Wildman–Crippen MR) is 272 cm³/mol. The Morgan fingerprint density at radius 3 is 1.57 bits per heavy atom. The zero-order chi connectivity index (χ0) is 44.8. The van der Waals surface area contributed by atoms with Gasteiger partial charge in [-0.2, -0.15) is 0 Å². The lowest BCUT2D eigenvalue weighted by molar-refractivity contribution is 0.617. The van der Waals surface area contributed by atoms with Crippen LogP contribution in [0.4, 0.5) is 0 Å². The number of nitrogens with zero attached hydrogens (tertiary/aromatic N) is 5. The van der Waals surface area contributed by atoms with Gasteiger partial charge in [0, 0.05) is 48.0 Å². The molecule has 14 rings (SSSR count). The molecule has 4 aromatic heterocycles. The van der Waals surface area contributed by atoms with Crippen molar-refractivity contribution in [1.29, 1.82) is 0 Å². The van der Waals surface area contributed by atoms with Gasteiger partial charge >= 0.3 is 0 Å². The first-order valence-electron chi connectivity index (χ1n) is 22.6. The highest BCUT2D eigenvalue weighted by molar-refractivity contribution is 7.25. The third-order valence-electron chi connectivity index (χ3n) is 13.3. The standard InChI is InChI=1S/C60H35N5O2S/c1-3-16-40(17-4-1)60(41-18-5-2-6-19-41)46-23-9-7-20-42(46)43-31-30-36(35-47(43)60)55-63-56(65-57(64-55)45-22-15-29-53-54(45)44-21-8-14-28-52(44)68-53)37-32-38(58-61-48-24-10-12-26-50(48)66-58)34-39(33-37)59-62-49-25-11-13-27-51(49)67-59/h1-35H. The van der Waals surface area contributed by atoms with E-state index in [0.29, 0.717) is 40.4 Å². The van der Waals surface area contributed by atoms with E-state index in [9.17, 15) is 0 Å². The number of hydrogen-bond acceptors (Lipinski definition) is 8. The van der Waals surface area contributed by atoms with E-state index in [2.05, 4.69) is 146 Å². The van der Waals surface area contributed by atoms with Gasteiger partial charge in [0.2, 0.25) is 11.8 Å². The van der Waals surface area contributed by atoms with Crippen molar-refractivity contribution in [2.75, 3.05) is 0 Å². The normalized spacial score (nSPS) is 12.8. The summed E-state index contributed by atoms with van der Waals surface area (Å²) < 4.78 is 15.2. The molecule has 0 spiro atoms. The van der Waals surface area contributed by atoms with E-state index >= 15 is 0 Å². The van der Waals surface area contributed by atoms with E-state index in [1.165, 1.54) is 38.1 Å². The van der Waals surface area contributed by atoms with Crippen molar-refractivity contribution in [3.05, 3.63) is 235 Å². The molecule has 0 N–H and O–H groups in total. The quantitative estimate of drug-likeness (QED) is 0.157. The molecular formula is C60H35N5O2S.